The van der Waals surface area contributed by atoms with E-state index in [1.807, 2.05) is 15.8 Å². The normalized spacial score (nSPS) is 20.5. The maximum absolute atomic E-state index is 13.2. The highest BCUT2D eigenvalue weighted by atomic mass is 16.2. The van der Waals surface area contributed by atoms with Gasteiger partial charge in [0.15, 0.2) is 0 Å². The van der Waals surface area contributed by atoms with E-state index in [4.69, 9.17) is 5.10 Å². The molecule has 0 radical (unpaired) electrons. The third-order valence-corrected chi connectivity index (χ3v) is 6.79. The van der Waals surface area contributed by atoms with Gasteiger partial charge >= 0.3 is 6.03 Å². The van der Waals surface area contributed by atoms with Crippen LogP contribution in [-0.4, -0.2) is 58.7 Å². The number of amides is 3. The first kappa shape index (κ1) is 22.4. The highest BCUT2D eigenvalue weighted by molar-refractivity contribution is 5.80. The molecule has 1 fully saturated rings. The summed E-state index contributed by atoms with van der Waals surface area (Å²) in [6.45, 7) is 7.85. The Morgan fingerprint density at radius 2 is 1.78 bits per heavy atom. The molecule has 1 N–H and O–H groups in total. The SMILES string of the molecule is Cc1ccc(-n2ncc3c2CC(C)(C)C[C@@H]3NC(=O)C2CCN(C(=O)N(C)C)CC2)cc1. The summed E-state index contributed by atoms with van der Waals surface area (Å²) in [5.74, 6) is 0.0422. The van der Waals surface area contributed by atoms with Crippen LogP contribution >= 0.6 is 0 Å². The Bertz CT molecular complexity index is 984. The van der Waals surface area contributed by atoms with Crippen LogP contribution in [-0.2, 0) is 11.2 Å². The van der Waals surface area contributed by atoms with E-state index in [9.17, 15) is 9.59 Å². The molecule has 1 aromatic carbocycles. The zero-order valence-electron chi connectivity index (χ0n) is 19.9. The van der Waals surface area contributed by atoms with Crippen LogP contribution in [0.25, 0.3) is 5.69 Å². The minimum Gasteiger partial charge on any atom is -0.349 e. The van der Waals surface area contributed by atoms with E-state index in [2.05, 4.69) is 50.4 Å². The highest BCUT2D eigenvalue weighted by Crippen LogP contribution is 2.41. The van der Waals surface area contributed by atoms with Gasteiger partial charge in [0.2, 0.25) is 5.91 Å². The van der Waals surface area contributed by atoms with Crippen LogP contribution < -0.4 is 5.32 Å². The third-order valence-electron chi connectivity index (χ3n) is 6.79. The summed E-state index contributed by atoms with van der Waals surface area (Å²) in [4.78, 5) is 28.8. The van der Waals surface area contributed by atoms with Gasteiger partial charge in [-0.2, -0.15) is 5.10 Å². The number of hydrogen-bond donors (Lipinski definition) is 1. The van der Waals surface area contributed by atoms with Crippen molar-refractivity contribution in [1.29, 1.82) is 0 Å². The van der Waals surface area contributed by atoms with E-state index in [1.54, 1.807) is 19.0 Å². The van der Waals surface area contributed by atoms with Crippen LogP contribution in [0, 0.1) is 18.3 Å². The summed E-state index contributed by atoms with van der Waals surface area (Å²) in [7, 11) is 3.53. The molecule has 7 nitrogen and oxygen atoms in total. The Kier molecular flexibility index (Phi) is 6.01. The summed E-state index contributed by atoms with van der Waals surface area (Å²) in [5, 5.41) is 8.03. The van der Waals surface area contributed by atoms with E-state index >= 15 is 0 Å². The second-order valence-electron chi connectivity index (χ2n) is 10.3. The summed E-state index contributed by atoms with van der Waals surface area (Å²) in [6.07, 6.45) is 5.15. The lowest BCUT2D eigenvalue weighted by Crippen LogP contribution is -2.47. The monoisotopic (exact) mass is 437 g/mol. The quantitative estimate of drug-likeness (QED) is 0.796. The third kappa shape index (κ3) is 4.52. The number of nitrogens with zero attached hydrogens (tertiary/aromatic N) is 4. The Labute approximate surface area is 190 Å². The second kappa shape index (κ2) is 8.60. The molecule has 3 amide bonds. The first-order valence-electron chi connectivity index (χ1n) is 11.5. The molecule has 1 aliphatic heterocycles. The van der Waals surface area contributed by atoms with Gasteiger partial charge in [-0.05, 0) is 50.2 Å². The van der Waals surface area contributed by atoms with Gasteiger partial charge in [0.25, 0.3) is 0 Å². The number of benzene rings is 1. The van der Waals surface area contributed by atoms with Crippen molar-refractivity contribution in [3.05, 3.63) is 47.3 Å². The standard InChI is InChI=1S/C25H35N5O2/c1-17-6-8-19(9-7-17)30-22-15-25(2,3)14-21(20(22)16-26-30)27-23(31)18-10-12-29(13-11-18)24(32)28(4)5/h6-9,16,18,21H,10-15H2,1-5H3,(H,27,31)/t21-/m0/s1. The number of carbonyl (C=O) groups is 2. The number of urea groups is 1. The van der Waals surface area contributed by atoms with Gasteiger partial charge < -0.3 is 15.1 Å². The van der Waals surface area contributed by atoms with E-state index in [0.29, 0.717) is 25.9 Å². The van der Waals surface area contributed by atoms with Gasteiger partial charge in [-0.3, -0.25) is 4.79 Å². The lowest BCUT2D eigenvalue weighted by molar-refractivity contribution is -0.127. The highest BCUT2D eigenvalue weighted by Gasteiger charge is 2.37. The van der Waals surface area contributed by atoms with Crippen LogP contribution in [0.2, 0.25) is 0 Å². The Balaban J connectivity index is 1.49. The van der Waals surface area contributed by atoms with Crippen LogP contribution in [0.15, 0.2) is 30.5 Å². The summed E-state index contributed by atoms with van der Waals surface area (Å²) in [5.41, 5.74) is 4.64. The van der Waals surface area contributed by atoms with Crippen LogP contribution in [0.1, 0.15) is 56.0 Å². The molecule has 0 saturated carbocycles. The Hall–Kier alpha value is -2.83. The number of nitrogens with one attached hydrogen (secondary N) is 1. The van der Waals surface area contributed by atoms with Gasteiger partial charge in [0, 0.05) is 38.7 Å². The fraction of sp³-hybridized carbons (Fsp3) is 0.560. The van der Waals surface area contributed by atoms with Gasteiger partial charge in [0.05, 0.1) is 23.6 Å². The molecule has 2 aliphatic rings. The van der Waals surface area contributed by atoms with E-state index < -0.39 is 0 Å². The topological polar surface area (TPSA) is 70.5 Å². The minimum absolute atomic E-state index is 0.0195. The van der Waals surface area contributed by atoms with Gasteiger partial charge in [-0.15, -0.1) is 0 Å². The van der Waals surface area contributed by atoms with Crippen molar-refractivity contribution in [2.45, 2.75) is 52.5 Å². The second-order valence-corrected chi connectivity index (χ2v) is 10.3. The maximum Gasteiger partial charge on any atom is 0.319 e. The fourth-order valence-corrected chi connectivity index (χ4v) is 4.99. The van der Waals surface area contributed by atoms with Gasteiger partial charge in [0.1, 0.15) is 0 Å². The van der Waals surface area contributed by atoms with Crippen molar-refractivity contribution in [3.8, 4) is 5.69 Å². The van der Waals surface area contributed by atoms with Crippen LogP contribution in [0.4, 0.5) is 4.79 Å². The van der Waals surface area contributed by atoms with Crippen molar-refractivity contribution >= 4 is 11.9 Å². The molecular formula is C25H35N5O2. The number of carbonyl (C=O) groups excluding carboxylic acids is 2. The van der Waals surface area contributed by atoms with Crippen molar-refractivity contribution in [2.24, 2.45) is 11.3 Å². The summed E-state index contributed by atoms with van der Waals surface area (Å²) < 4.78 is 2.03. The predicted molar refractivity (Wildman–Crippen MR) is 125 cm³/mol. The first-order chi connectivity index (χ1) is 15.1. The molecule has 1 aliphatic carbocycles. The Morgan fingerprint density at radius 1 is 1.12 bits per heavy atom. The van der Waals surface area contributed by atoms with E-state index in [1.165, 1.54) is 11.3 Å². The Morgan fingerprint density at radius 3 is 2.41 bits per heavy atom. The zero-order chi connectivity index (χ0) is 23.0. The van der Waals surface area contributed by atoms with Crippen LogP contribution in [0.5, 0.6) is 0 Å². The molecule has 1 aromatic heterocycles. The first-order valence-corrected chi connectivity index (χ1v) is 11.5. The number of fused-ring (bicyclic) bond motifs is 1. The van der Waals surface area contributed by atoms with Crippen molar-refractivity contribution in [3.63, 3.8) is 0 Å². The largest absolute Gasteiger partial charge is 0.349 e. The average molecular weight is 438 g/mol. The molecule has 0 bridgehead atoms. The molecule has 32 heavy (non-hydrogen) atoms. The number of piperidine rings is 1. The van der Waals surface area contributed by atoms with Crippen molar-refractivity contribution in [1.82, 2.24) is 24.9 Å². The molecule has 2 heterocycles. The zero-order valence-corrected chi connectivity index (χ0v) is 19.9. The van der Waals surface area contributed by atoms with E-state index in [-0.39, 0.29) is 29.3 Å². The lowest BCUT2D eigenvalue weighted by atomic mass is 9.74. The molecule has 1 atom stereocenters. The van der Waals surface area contributed by atoms with E-state index in [0.717, 1.165) is 24.1 Å². The fourth-order valence-electron chi connectivity index (χ4n) is 4.99. The molecule has 0 spiro atoms. The number of hydrogen-bond acceptors (Lipinski definition) is 3. The summed E-state index contributed by atoms with van der Waals surface area (Å²) in [6, 6.07) is 8.38. The molecule has 172 valence electrons. The summed E-state index contributed by atoms with van der Waals surface area (Å²) >= 11 is 0. The van der Waals surface area contributed by atoms with Crippen molar-refractivity contribution in [2.75, 3.05) is 27.2 Å². The molecule has 7 heteroatoms. The van der Waals surface area contributed by atoms with Gasteiger partial charge in [-0.1, -0.05) is 31.5 Å². The number of rotatable bonds is 3. The molecule has 4 rings (SSSR count). The van der Waals surface area contributed by atoms with Crippen LogP contribution in [0.3, 0.4) is 0 Å². The molecule has 2 aromatic rings. The molecule has 0 unspecified atom stereocenters. The van der Waals surface area contributed by atoms with Crippen molar-refractivity contribution < 1.29 is 9.59 Å². The maximum atomic E-state index is 13.2. The average Bonchev–Trinajstić information content (AvgIpc) is 3.16. The number of aromatic nitrogens is 2. The number of likely N-dealkylation sites (tertiary alicyclic amines) is 1. The minimum atomic E-state index is -0.0538. The molecular weight excluding hydrogens is 402 g/mol. The predicted octanol–water partition coefficient (Wildman–Crippen LogP) is 3.70. The lowest BCUT2D eigenvalue weighted by Gasteiger charge is -2.37. The van der Waals surface area contributed by atoms with Gasteiger partial charge in [-0.25, -0.2) is 9.48 Å². The number of aryl methyl sites for hydroxylation is 1. The molecule has 1 saturated heterocycles. The smallest absolute Gasteiger partial charge is 0.319 e.